The van der Waals surface area contributed by atoms with Crippen LogP contribution in [0.25, 0.3) is 0 Å². The lowest BCUT2D eigenvalue weighted by atomic mass is 10.2. The first-order valence-electron chi connectivity index (χ1n) is 10.1. The Labute approximate surface area is 172 Å². The lowest BCUT2D eigenvalue weighted by molar-refractivity contribution is -0.135. The summed E-state index contributed by atoms with van der Waals surface area (Å²) in [6, 6.07) is 16.8. The van der Waals surface area contributed by atoms with Gasteiger partial charge >= 0.3 is 0 Å². The molecule has 2 N–H and O–H groups in total. The first kappa shape index (κ1) is 20.9. The summed E-state index contributed by atoms with van der Waals surface area (Å²) in [5.41, 5.74) is 2.84. The zero-order valence-electron chi connectivity index (χ0n) is 17.1. The van der Waals surface area contributed by atoms with E-state index in [-0.39, 0.29) is 11.8 Å². The van der Waals surface area contributed by atoms with E-state index in [2.05, 4.69) is 21.6 Å². The number of hydrogen-bond donors (Lipinski definition) is 2. The highest BCUT2D eigenvalue weighted by atomic mass is 16.5. The van der Waals surface area contributed by atoms with Crippen molar-refractivity contribution in [2.45, 2.75) is 45.4 Å². The summed E-state index contributed by atoms with van der Waals surface area (Å²) in [5, 5.41) is 5.61. The molecule has 2 unspecified atom stereocenters. The van der Waals surface area contributed by atoms with Gasteiger partial charge in [-0.1, -0.05) is 36.4 Å². The minimum Gasteiger partial charge on any atom is -0.371 e. The lowest BCUT2D eigenvalue weighted by Crippen LogP contribution is -2.45. The first-order valence-corrected chi connectivity index (χ1v) is 10.1. The number of nitrogens with one attached hydrogen (secondary N) is 2. The van der Waals surface area contributed by atoms with Crippen molar-refractivity contribution in [3.63, 3.8) is 0 Å². The molecule has 1 fully saturated rings. The minimum atomic E-state index is -0.666. The summed E-state index contributed by atoms with van der Waals surface area (Å²) in [6.45, 7) is 5.79. The third kappa shape index (κ3) is 6.06. The van der Waals surface area contributed by atoms with Crippen LogP contribution in [0.3, 0.4) is 0 Å². The van der Waals surface area contributed by atoms with Crippen molar-refractivity contribution in [1.82, 2.24) is 5.32 Å². The van der Waals surface area contributed by atoms with E-state index >= 15 is 0 Å². The second-order valence-electron chi connectivity index (χ2n) is 7.40. The maximum Gasteiger partial charge on any atom is 0.249 e. The summed E-state index contributed by atoms with van der Waals surface area (Å²) < 4.78 is 5.61. The van der Waals surface area contributed by atoms with Crippen molar-refractivity contribution in [2.24, 2.45) is 0 Å². The van der Waals surface area contributed by atoms with Gasteiger partial charge in [0, 0.05) is 24.5 Å². The standard InChI is InChI=1S/C23H29N3O3/c1-17(24-23(28)18(2)29-16-19-9-4-3-5-10-19)22(27)25-20-11-8-12-21(15-20)26-13-6-7-14-26/h3-5,8-12,15,17-18H,6-7,13-14,16H2,1-2H3,(H,24,28)(H,25,27). The van der Waals surface area contributed by atoms with Crippen LogP contribution in [0, 0.1) is 0 Å². The van der Waals surface area contributed by atoms with Gasteiger partial charge in [-0.25, -0.2) is 0 Å². The molecule has 1 aliphatic heterocycles. The van der Waals surface area contributed by atoms with Crippen molar-refractivity contribution in [3.8, 4) is 0 Å². The number of ether oxygens (including phenoxy) is 1. The Morgan fingerprint density at radius 3 is 2.45 bits per heavy atom. The molecular formula is C23H29N3O3. The molecule has 0 spiro atoms. The number of benzene rings is 2. The minimum absolute atomic E-state index is 0.257. The van der Waals surface area contributed by atoms with Crippen LogP contribution in [0.1, 0.15) is 32.3 Å². The molecule has 0 bridgehead atoms. The Bertz CT molecular complexity index is 819. The molecule has 154 valence electrons. The van der Waals surface area contributed by atoms with E-state index in [1.54, 1.807) is 13.8 Å². The number of nitrogens with zero attached hydrogens (tertiary/aromatic N) is 1. The molecule has 29 heavy (non-hydrogen) atoms. The van der Waals surface area contributed by atoms with Crippen molar-refractivity contribution in [2.75, 3.05) is 23.3 Å². The molecule has 2 amide bonds. The zero-order chi connectivity index (χ0) is 20.6. The number of hydrogen-bond acceptors (Lipinski definition) is 4. The molecule has 3 rings (SSSR count). The summed E-state index contributed by atoms with van der Waals surface area (Å²) in [5.74, 6) is -0.568. The van der Waals surface area contributed by atoms with Crippen LogP contribution in [0.2, 0.25) is 0 Å². The van der Waals surface area contributed by atoms with Crippen molar-refractivity contribution in [1.29, 1.82) is 0 Å². The summed E-state index contributed by atoms with van der Waals surface area (Å²) in [4.78, 5) is 27.2. The molecule has 0 aliphatic carbocycles. The SMILES string of the molecule is CC(NC(=O)C(C)OCc1ccccc1)C(=O)Nc1cccc(N2CCCC2)c1. The molecule has 2 aromatic carbocycles. The van der Waals surface area contributed by atoms with E-state index in [0.29, 0.717) is 6.61 Å². The predicted octanol–water partition coefficient (Wildman–Crippen LogP) is 3.34. The second kappa shape index (κ2) is 10.1. The molecule has 2 aromatic rings. The summed E-state index contributed by atoms with van der Waals surface area (Å²) >= 11 is 0. The van der Waals surface area contributed by atoms with Gasteiger partial charge in [-0.05, 0) is 50.5 Å². The highest BCUT2D eigenvalue weighted by molar-refractivity contribution is 5.97. The topological polar surface area (TPSA) is 70.7 Å². The van der Waals surface area contributed by atoms with Gasteiger partial charge in [0.2, 0.25) is 11.8 Å². The average Bonchev–Trinajstić information content (AvgIpc) is 3.28. The van der Waals surface area contributed by atoms with E-state index in [0.717, 1.165) is 30.0 Å². The Kier molecular flexibility index (Phi) is 7.25. The fourth-order valence-electron chi connectivity index (χ4n) is 3.27. The number of rotatable bonds is 8. The molecule has 0 saturated carbocycles. The van der Waals surface area contributed by atoms with Gasteiger partial charge in [-0.3, -0.25) is 9.59 Å². The quantitative estimate of drug-likeness (QED) is 0.719. The van der Waals surface area contributed by atoms with Gasteiger partial charge in [0.25, 0.3) is 0 Å². The van der Waals surface area contributed by atoms with Crippen LogP contribution in [0.15, 0.2) is 54.6 Å². The van der Waals surface area contributed by atoms with Crippen molar-refractivity contribution >= 4 is 23.2 Å². The van der Waals surface area contributed by atoms with E-state index < -0.39 is 12.1 Å². The largest absolute Gasteiger partial charge is 0.371 e. The fraction of sp³-hybridized carbons (Fsp3) is 0.391. The molecule has 0 aromatic heterocycles. The molecule has 0 radical (unpaired) electrons. The third-order valence-corrected chi connectivity index (χ3v) is 5.05. The zero-order valence-corrected chi connectivity index (χ0v) is 17.1. The highest BCUT2D eigenvalue weighted by Gasteiger charge is 2.21. The lowest BCUT2D eigenvalue weighted by Gasteiger charge is -2.20. The van der Waals surface area contributed by atoms with Crippen LogP contribution in [0.4, 0.5) is 11.4 Å². The fourth-order valence-corrected chi connectivity index (χ4v) is 3.27. The van der Waals surface area contributed by atoms with Gasteiger partial charge in [0.05, 0.1) is 6.61 Å². The Balaban J connectivity index is 1.48. The van der Waals surface area contributed by atoms with E-state index in [1.807, 2.05) is 48.5 Å². The molecule has 6 nitrogen and oxygen atoms in total. The molecule has 1 heterocycles. The van der Waals surface area contributed by atoms with Crippen molar-refractivity contribution < 1.29 is 14.3 Å². The Hall–Kier alpha value is -2.86. The number of anilines is 2. The maximum atomic E-state index is 12.5. The van der Waals surface area contributed by atoms with Gasteiger partial charge in [0.15, 0.2) is 0 Å². The second-order valence-corrected chi connectivity index (χ2v) is 7.40. The van der Waals surface area contributed by atoms with Crippen molar-refractivity contribution in [3.05, 3.63) is 60.2 Å². The first-order chi connectivity index (χ1) is 14.0. The normalized spacial score (nSPS) is 15.6. The van der Waals surface area contributed by atoms with Gasteiger partial charge in [-0.15, -0.1) is 0 Å². The monoisotopic (exact) mass is 395 g/mol. The number of amides is 2. The van der Waals surface area contributed by atoms with E-state index in [4.69, 9.17) is 4.74 Å². The smallest absolute Gasteiger partial charge is 0.249 e. The Morgan fingerprint density at radius 1 is 1.00 bits per heavy atom. The average molecular weight is 396 g/mol. The van der Waals surface area contributed by atoms with Crippen LogP contribution >= 0.6 is 0 Å². The van der Waals surface area contributed by atoms with Gasteiger partial charge in [-0.2, -0.15) is 0 Å². The summed E-state index contributed by atoms with van der Waals surface area (Å²) in [7, 11) is 0. The molecule has 1 saturated heterocycles. The van der Waals surface area contributed by atoms with Crippen LogP contribution < -0.4 is 15.5 Å². The van der Waals surface area contributed by atoms with Gasteiger partial charge in [0.1, 0.15) is 12.1 Å². The van der Waals surface area contributed by atoms with E-state index in [1.165, 1.54) is 12.8 Å². The van der Waals surface area contributed by atoms with Crippen LogP contribution in [-0.2, 0) is 20.9 Å². The maximum absolute atomic E-state index is 12.5. The molecule has 2 atom stereocenters. The number of carbonyl (C=O) groups excluding carboxylic acids is 2. The van der Waals surface area contributed by atoms with Gasteiger partial charge < -0.3 is 20.3 Å². The van der Waals surface area contributed by atoms with E-state index in [9.17, 15) is 9.59 Å². The predicted molar refractivity (Wildman–Crippen MR) is 115 cm³/mol. The third-order valence-electron chi connectivity index (χ3n) is 5.05. The summed E-state index contributed by atoms with van der Waals surface area (Å²) in [6.07, 6.45) is 1.75. The number of carbonyl (C=O) groups is 2. The van der Waals surface area contributed by atoms with Crippen LogP contribution in [-0.4, -0.2) is 37.0 Å². The highest BCUT2D eigenvalue weighted by Crippen LogP contribution is 2.23. The molecule has 6 heteroatoms. The molecular weight excluding hydrogens is 366 g/mol. The van der Waals surface area contributed by atoms with Crippen LogP contribution in [0.5, 0.6) is 0 Å². The molecule has 1 aliphatic rings. The Morgan fingerprint density at radius 2 is 1.72 bits per heavy atom.